The van der Waals surface area contributed by atoms with Crippen molar-refractivity contribution < 1.29 is 34.7 Å². The van der Waals surface area contributed by atoms with Gasteiger partial charge in [-0.1, -0.05) is 13.3 Å². The van der Waals surface area contributed by atoms with Crippen molar-refractivity contribution in [2.75, 3.05) is 0 Å². The first kappa shape index (κ1) is 21.0. The van der Waals surface area contributed by atoms with E-state index in [-0.39, 0.29) is 16.9 Å². The molecule has 0 unspecified atom stereocenters. The molecule has 1 aliphatic carbocycles. The second kappa shape index (κ2) is 6.82. The summed E-state index contributed by atoms with van der Waals surface area (Å²) >= 11 is 0. The van der Waals surface area contributed by atoms with Gasteiger partial charge in [-0.3, -0.25) is 14.6 Å². The topological polar surface area (TPSA) is 146 Å². The molecule has 3 aliphatic rings. The van der Waals surface area contributed by atoms with E-state index in [1.807, 2.05) is 6.92 Å². The summed E-state index contributed by atoms with van der Waals surface area (Å²) in [5.41, 5.74) is -1.65. The molecule has 168 valence electrons. The molecule has 2 aliphatic heterocycles. The number of aliphatic hydroxyl groups is 3. The second-order valence-corrected chi connectivity index (χ2v) is 8.61. The largest absolute Gasteiger partial charge is 0.504 e. The molecule has 2 aromatic rings. The highest BCUT2D eigenvalue weighted by Gasteiger charge is 2.62. The molecule has 0 spiro atoms. The molecule has 32 heavy (non-hydrogen) atoms. The zero-order valence-electron chi connectivity index (χ0n) is 17.7. The van der Waals surface area contributed by atoms with Crippen molar-refractivity contribution in [3.8, 4) is 22.6 Å². The lowest BCUT2D eigenvalue weighted by molar-refractivity contribution is -0.307. The molecule has 0 bridgehead atoms. The number of ketones is 1. The molecule has 1 aromatic heterocycles. The molecule has 5 rings (SSSR count). The van der Waals surface area contributed by atoms with Crippen molar-refractivity contribution in [3.63, 3.8) is 0 Å². The standard InChI is InChI=1S/C23H23NO8/c1-4-5-12-15-10(6-8(2)24-12)14-11(18(15)27)7-13(25)16-20(19(14)28)32-22-23(16,30)21(29)17(26)9(3)31-22/h6-7,9,17,21-22,26,28-30H,4-5H2,1-3H3/t9-,17-,21-,22-,23+/m1/s1. The van der Waals surface area contributed by atoms with E-state index in [1.54, 1.807) is 13.0 Å². The first-order valence-electron chi connectivity index (χ1n) is 10.5. The number of rotatable bonds is 2. The number of aryl methyl sites for hydroxylation is 2. The van der Waals surface area contributed by atoms with Crippen LogP contribution in [0.1, 0.15) is 53.1 Å². The van der Waals surface area contributed by atoms with E-state index < -0.39 is 52.7 Å². The minimum absolute atomic E-state index is 0.0365. The normalized spacial score (nSPS) is 29.8. The number of aromatic nitrogens is 1. The Morgan fingerprint density at radius 2 is 1.88 bits per heavy atom. The zero-order chi connectivity index (χ0) is 23.1. The molecule has 0 radical (unpaired) electrons. The van der Waals surface area contributed by atoms with Crippen LogP contribution >= 0.6 is 0 Å². The number of carbonyl (C=O) groups is 1. The summed E-state index contributed by atoms with van der Waals surface area (Å²) < 4.78 is 11.1. The van der Waals surface area contributed by atoms with Crippen LogP contribution in [0, 0.1) is 6.92 Å². The van der Waals surface area contributed by atoms with Gasteiger partial charge in [-0.25, -0.2) is 0 Å². The number of nitrogens with zero attached hydrogens (tertiary/aromatic N) is 1. The predicted molar refractivity (Wildman–Crippen MR) is 111 cm³/mol. The van der Waals surface area contributed by atoms with E-state index in [0.717, 1.165) is 12.5 Å². The number of aromatic hydroxyl groups is 1. The molecular formula is C23H23NO8. The lowest BCUT2D eigenvalue weighted by atomic mass is 9.82. The van der Waals surface area contributed by atoms with E-state index >= 15 is 0 Å². The Bertz CT molecular complexity index is 1240. The number of hydrogen-bond donors (Lipinski definition) is 4. The van der Waals surface area contributed by atoms with Crippen LogP contribution in [0.5, 0.6) is 11.5 Å². The van der Waals surface area contributed by atoms with E-state index in [1.165, 1.54) is 6.92 Å². The van der Waals surface area contributed by atoms with Crippen LogP contribution in [-0.2, 0) is 16.8 Å². The number of fused-ring (bicyclic) bond motifs is 6. The first-order chi connectivity index (χ1) is 15.1. The monoisotopic (exact) mass is 441 g/mol. The average Bonchev–Trinajstić information content (AvgIpc) is 3.14. The Balaban J connectivity index is 1.82. The molecule has 4 N–H and O–H groups in total. The van der Waals surface area contributed by atoms with Crippen molar-refractivity contribution in [2.45, 2.75) is 63.8 Å². The Morgan fingerprint density at radius 3 is 2.56 bits per heavy atom. The SMILES string of the molecule is CCCc1nc(C)cc2c1C(=O)c1cc(=O)c3c(c(O)c1-2)O[C@H]1O[C@H](C)[C@@H](O)[C@@H](O)[C@@]31O. The average molecular weight is 441 g/mol. The summed E-state index contributed by atoms with van der Waals surface area (Å²) in [6.45, 7) is 5.21. The van der Waals surface area contributed by atoms with Crippen LogP contribution in [0.15, 0.2) is 16.9 Å². The van der Waals surface area contributed by atoms with E-state index in [2.05, 4.69) is 4.98 Å². The highest BCUT2D eigenvalue weighted by Crippen LogP contribution is 2.54. The minimum Gasteiger partial charge on any atom is -0.504 e. The highest BCUT2D eigenvalue weighted by molar-refractivity contribution is 6.23. The van der Waals surface area contributed by atoms with Gasteiger partial charge in [0.1, 0.15) is 12.2 Å². The van der Waals surface area contributed by atoms with Crippen molar-refractivity contribution in [1.29, 1.82) is 0 Å². The summed E-state index contributed by atoms with van der Waals surface area (Å²) in [7, 11) is 0. The minimum atomic E-state index is -2.42. The summed E-state index contributed by atoms with van der Waals surface area (Å²) in [5, 5.41) is 43.3. The fourth-order valence-electron chi connectivity index (χ4n) is 4.96. The van der Waals surface area contributed by atoms with E-state index in [4.69, 9.17) is 9.47 Å². The van der Waals surface area contributed by atoms with Gasteiger partial charge in [0.25, 0.3) is 0 Å². The number of pyridine rings is 1. The van der Waals surface area contributed by atoms with Crippen molar-refractivity contribution in [3.05, 3.63) is 50.4 Å². The van der Waals surface area contributed by atoms with Crippen LogP contribution < -0.4 is 10.2 Å². The third kappa shape index (κ3) is 2.50. The Hall–Kier alpha value is -2.85. The molecular weight excluding hydrogens is 418 g/mol. The maximum Gasteiger partial charge on any atom is 0.236 e. The van der Waals surface area contributed by atoms with Crippen LogP contribution in [0.4, 0.5) is 0 Å². The van der Waals surface area contributed by atoms with Gasteiger partial charge in [0, 0.05) is 22.4 Å². The van der Waals surface area contributed by atoms with Crippen molar-refractivity contribution in [2.24, 2.45) is 0 Å². The highest BCUT2D eigenvalue weighted by atomic mass is 16.7. The van der Waals surface area contributed by atoms with Crippen LogP contribution in [0.3, 0.4) is 0 Å². The first-order valence-corrected chi connectivity index (χ1v) is 10.5. The molecule has 1 saturated heterocycles. The van der Waals surface area contributed by atoms with Crippen LogP contribution in [0.25, 0.3) is 11.1 Å². The fourth-order valence-corrected chi connectivity index (χ4v) is 4.96. The Kier molecular flexibility index (Phi) is 4.48. The Morgan fingerprint density at radius 1 is 1.16 bits per heavy atom. The number of carbonyl (C=O) groups excluding carboxylic acids is 1. The van der Waals surface area contributed by atoms with Gasteiger partial charge in [-0.2, -0.15) is 0 Å². The fraction of sp³-hybridized carbons (Fsp3) is 0.435. The van der Waals surface area contributed by atoms with E-state index in [0.29, 0.717) is 28.9 Å². The lowest BCUT2D eigenvalue weighted by Crippen LogP contribution is -2.63. The van der Waals surface area contributed by atoms with Gasteiger partial charge in [-0.15, -0.1) is 0 Å². The van der Waals surface area contributed by atoms with E-state index in [9.17, 15) is 30.0 Å². The number of hydrogen-bond acceptors (Lipinski definition) is 9. The molecule has 0 saturated carbocycles. The predicted octanol–water partition coefficient (Wildman–Crippen LogP) is 0.666. The lowest BCUT2D eigenvalue weighted by Gasteiger charge is -2.42. The maximum atomic E-state index is 13.3. The second-order valence-electron chi connectivity index (χ2n) is 8.61. The van der Waals surface area contributed by atoms with Crippen LogP contribution in [0.2, 0.25) is 0 Å². The molecule has 9 heteroatoms. The van der Waals surface area contributed by atoms with Crippen molar-refractivity contribution in [1.82, 2.24) is 4.98 Å². The molecule has 3 heterocycles. The maximum absolute atomic E-state index is 13.3. The smallest absolute Gasteiger partial charge is 0.236 e. The van der Waals surface area contributed by atoms with Gasteiger partial charge < -0.3 is 29.9 Å². The molecule has 1 aromatic carbocycles. The number of ether oxygens (including phenoxy) is 2. The van der Waals surface area contributed by atoms with Gasteiger partial charge in [0.15, 0.2) is 28.3 Å². The Labute approximate surface area is 182 Å². The molecule has 0 amide bonds. The quantitative estimate of drug-likeness (QED) is 0.450. The summed E-state index contributed by atoms with van der Waals surface area (Å²) in [5.74, 6) is -1.35. The van der Waals surface area contributed by atoms with Gasteiger partial charge in [0.05, 0.1) is 22.9 Å². The zero-order valence-corrected chi connectivity index (χ0v) is 17.7. The molecule has 9 nitrogen and oxygen atoms in total. The van der Waals surface area contributed by atoms with Crippen LogP contribution in [-0.4, -0.2) is 55.8 Å². The van der Waals surface area contributed by atoms with Gasteiger partial charge in [0.2, 0.25) is 6.29 Å². The van der Waals surface area contributed by atoms with Crippen molar-refractivity contribution >= 4 is 5.78 Å². The molecule has 5 atom stereocenters. The summed E-state index contributed by atoms with van der Waals surface area (Å²) in [4.78, 5) is 31.0. The van der Waals surface area contributed by atoms with Gasteiger partial charge >= 0.3 is 0 Å². The number of aliphatic hydroxyl groups excluding tert-OH is 2. The van der Waals surface area contributed by atoms with Gasteiger partial charge in [-0.05, 0) is 32.4 Å². The summed E-state index contributed by atoms with van der Waals surface area (Å²) in [6, 6.07) is 2.69. The summed E-state index contributed by atoms with van der Waals surface area (Å²) in [6.07, 6.45) is -4.43. The third-order valence-corrected chi connectivity index (χ3v) is 6.50. The molecule has 1 fully saturated rings. The third-order valence-electron chi connectivity index (χ3n) is 6.50.